The van der Waals surface area contributed by atoms with Gasteiger partial charge in [0.15, 0.2) is 5.69 Å². The molecule has 2 N–H and O–H groups in total. The second kappa shape index (κ2) is 5.48. The third-order valence-corrected chi connectivity index (χ3v) is 2.84. The highest BCUT2D eigenvalue weighted by atomic mass is 127. The van der Waals surface area contributed by atoms with Crippen LogP contribution in [0.3, 0.4) is 0 Å². The van der Waals surface area contributed by atoms with Gasteiger partial charge in [0.2, 0.25) is 0 Å². The molecular weight excluding hydrogens is 333 g/mol. The maximum Gasteiger partial charge on any atom is 0.356 e. The van der Waals surface area contributed by atoms with Crippen LogP contribution in [-0.4, -0.2) is 18.1 Å². The summed E-state index contributed by atoms with van der Waals surface area (Å²) in [6.45, 7) is -0.187. The zero-order chi connectivity index (χ0) is 12.3. The molecule has 0 aliphatic heterocycles. The van der Waals surface area contributed by atoms with Crippen molar-refractivity contribution in [2.45, 2.75) is 13.0 Å². The number of hydrogen-bond donors (Lipinski definition) is 1. The predicted molar refractivity (Wildman–Crippen MR) is 61.1 cm³/mol. The third-order valence-electron chi connectivity index (χ3n) is 1.98. The number of pyridine rings is 1. The summed E-state index contributed by atoms with van der Waals surface area (Å²) < 4.78 is 30.3. The molecule has 1 heterocycles. The fourth-order valence-corrected chi connectivity index (χ4v) is 1.96. The summed E-state index contributed by atoms with van der Waals surface area (Å²) in [5.41, 5.74) is 5.00. The molecule has 7 heteroatoms. The minimum Gasteiger partial charge on any atom is -0.464 e. The van der Waals surface area contributed by atoms with Crippen LogP contribution in [0, 0.1) is 3.57 Å². The largest absolute Gasteiger partial charge is 0.464 e. The number of halogens is 3. The molecule has 0 aromatic carbocycles. The third kappa shape index (κ3) is 2.46. The number of alkyl halides is 2. The van der Waals surface area contributed by atoms with E-state index in [-0.39, 0.29) is 26.9 Å². The first-order valence-corrected chi connectivity index (χ1v) is 5.34. The minimum absolute atomic E-state index is 0.0359. The Bertz CT molecular complexity index is 413. The van der Waals surface area contributed by atoms with E-state index in [1.165, 1.54) is 6.20 Å². The molecule has 0 bridgehead atoms. The van der Waals surface area contributed by atoms with E-state index in [1.807, 2.05) is 0 Å². The Morgan fingerprint density at radius 1 is 1.69 bits per heavy atom. The van der Waals surface area contributed by atoms with Gasteiger partial charge in [-0.2, -0.15) is 0 Å². The Labute approximate surface area is 104 Å². The molecular formula is C9H9F2IN2O2. The van der Waals surface area contributed by atoms with Crippen molar-refractivity contribution in [1.82, 2.24) is 4.98 Å². The summed E-state index contributed by atoms with van der Waals surface area (Å²) in [6.07, 6.45) is -1.50. The van der Waals surface area contributed by atoms with Crippen LogP contribution >= 0.6 is 22.6 Å². The highest BCUT2D eigenvalue weighted by Crippen LogP contribution is 2.29. The maximum absolute atomic E-state index is 12.8. The lowest BCUT2D eigenvalue weighted by Gasteiger charge is -2.12. The molecule has 4 nitrogen and oxygen atoms in total. The average Bonchev–Trinajstić information content (AvgIpc) is 2.26. The van der Waals surface area contributed by atoms with Crippen molar-refractivity contribution in [2.24, 2.45) is 5.73 Å². The van der Waals surface area contributed by atoms with Crippen LogP contribution in [0.2, 0.25) is 0 Å². The van der Waals surface area contributed by atoms with Gasteiger partial charge in [-0.25, -0.2) is 18.6 Å². The van der Waals surface area contributed by atoms with E-state index in [9.17, 15) is 13.6 Å². The summed E-state index contributed by atoms with van der Waals surface area (Å²) in [4.78, 5) is 15.1. The lowest BCUT2D eigenvalue weighted by Crippen LogP contribution is -2.15. The number of nitrogens with two attached hydrogens (primary N) is 1. The van der Waals surface area contributed by atoms with Gasteiger partial charge in [-0.15, -0.1) is 0 Å². The fourth-order valence-electron chi connectivity index (χ4n) is 1.26. The van der Waals surface area contributed by atoms with Crippen LogP contribution in [-0.2, 0) is 11.3 Å². The molecule has 0 radical (unpaired) electrons. The first-order chi connectivity index (χ1) is 7.52. The molecule has 0 spiro atoms. The predicted octanol–water partition coefficient (Wildman–Crippen LogP) is 1.87. The van der Waals surface area contributed by atoms with E-state index in [2.05, 4.69) is 9.72 Å². The van der Waals surface area contributed by atoms with Gasteiger partial charge in [0.25, 0.3) is 6.43 Å². The number of carbonyl (C=O) groups is 1. The molecule has 0 saturated heterocycles. The van der Waals surface area contributed by atoms with Crippen LogP contribution in [0.15, 0.2) is 6.20 Å². The molecule has 0 saturated carbocycles. The first-order valence-electron chi connectivity index (χ1n) is 4.26. The van der Waals surface area contributed by atoms with E-state index < -0.39 is 12.4 Å². The molecule has 1 aromatic rings. The number of carbonyl (C=O) groups excluding carboxylic acids is 1. The summed E-state index contributed by atoms with van der Waals surface area (Å²) in [6, 6.07) is 0. The van der Waals surface area contributed by atoms with E-state index in [1.54, 1.807) is 22.6 Å². The topological polar surface area (TPSA) is 65.2 Å². The highest BCUT2D eigenvalue weighted by molar-refractivity contribution is 14.1. The van der Waals surface area contributed by atoms with Crippen molar-refractivity contribution in [3.05, 3.63) is 26.6 Å². The van der Waals surface area contributed by atoms with Gasteiger partial charge in [-0.05, 0) is 22.6 Å². The number of hydrogen-bond acceptors (Lipinski definition) is 4. The Morgan fingerprint density at radius 2 is 2.31 bits per heavy atom. The zero-order valence-electron chi connectivity index (χ0n) is 8.34. The van der Waals surface area contributed by atoms with Crippen molar-refractivity contribution in [1.29, 1.82) is 0 Å². The van der Waals surface area contributed by atoms with E-state index in [4.69, 9.17) is 5.73 Å². The second-order valence-corrected chi connectivity index (χ2v) is 4.01. The Balaban J connectivity index is 3.42. The van der Waals surface area contributed by atoms with Gasteiger partial charge in [0.05, 0.1) is 7.11 Å². The van der Waals surface area contributed by atoms with Crippen molar-refractivity contribution in [3.8, 4) is 0 Å². The van der Waals surface area contributed by atoms with Gasteiger partial charge in [0.1, 0.15) is 0 Å². The van der Waals surface area contributed by atoms with Crippen LogP contribution in [0.1, 0.15) is 28.0 Å². The summed E-state index contributed by atoms with van der Waals surface area (Å²) in [7, 11) is 1.16. The molecule has 1 aromatic heterocycles. The smallest absolute Gasteiger partial charge is 0.356 e. The molecule has 1 rings (SSSR count). The summed E-state index contributed by atoms with van der Waals surface area (Å²) in [5.74, 6) is -0.765. The van der Waals surface area contributed by atoms with Crippen molar-refractivity contribution < 1.29 is 18.3 Å². The molecule has 0 aliphatic carbocycles. The SMILES string of the molecule is COC(=O)c1ncc(I)c(C(F)F)c1CN. The van der Waals surface area contributed by atoms with Gasteiger partial charge in [-0.3, -0.25) is 0 Å². The van der Waals surface area contributed by atoms with Gasteiger partial charge in [0, 0.05) is 27.4 Å². The van der Waals surface area contributed by atoms with Crippen LogP contribution < -0.4 is 5.73 Å². The van der Waals surface area contributed by atoms with Crippen LogP contribution in [0.4, 0.5) is 8.78 Å². The Morgan fingerprint density at radius 3 is 2.75 bits per heavy atom. The number of aromatic nitrogens is 1. The van der Waals surface area contributed by atoms with E-state index in [0.717, 1.165) is 7.11 Å². The number of methoxy groups -OCH3 is 1. The molecule has 0 aliphatic rings. The van der Waals surface area contributed by atoms with E-state index in [0.29, 0.717) is 0 Å². The summed E-state index contributed by atoms with van der Waals surface area (Å²) >= 11 is 1.73. The monoisotopic (exact) mass is 342 g/mol. The molecule has 16 heavy (non-hydrogen) atoms. The highest BCUT2D eigenvalue weighted by Gasteiger charge is 2.23. The lowest BCUT2D eigenvalue weighted by atomic mass is 10.1. The van der Waals surface area contributed by atoms with E-state index >= 15 is 0 Å². The quantitative estimate of drug-likeness (QED) is 0.673. The lowest BCUT2D eigenvalue weighted by molar-refractivity contribution is 0.0591. The second-order valence-electron chi connectivity index (χ2n) is 2.84. The molecule has 0 unspecified atom stereocenters. The minimum atomic E-state index is -2.70. The van der Waals surface area contributed by atoms with Gasteiger partial charge < -0.3 is 10.5 Å². The molecule has 0 fully saturated rings. The standard InChI is InChI=1S/C9H9F2IN2O2/c1-16-9(15)7-4(2-13)6(8(10)11)5(12)3-14-7/h3,8H,2,13H2,1H3. The number of nitrogens with zero attached hydrogens (tertiary/aromatic N) is 1. The molecule has 88 valence electrons. The van der Waals surface area contributed by atoms with Crippen LogP contribution in [0.25, 0.3) is 0 Å². The number of esters is 1. The zero-order valence-corrected chi connectivity index (χ0v) is 10.5. The van der Waals surface area contributed by atoms with Gasteiger partial charge in [-0.1, -0.05) is 0 Å². The Kier molecular flexibility index (Phi) is 4.54. The van der Waals surface area contributed by atoms with Crippen molar-refractivity contribution in [3.63, 3.8) is 0 Å². The molecule has 0 amide bonds. The summed E-state index contributed by atoms with van der Waals surface area (Å²) in [5, 5.41) is 0. The normalized spacial score (nSPS) is 10.6. The fraction of sp³-hybridized carbons (Fsp3) is 0.333. The average molecular weight is 342 g/mol. The van der Waals surface area contributed by atoms with Gasteiger partial charge >= 0.3 is 5.97 Å². The van der Waals surface area contributed by atoms with Crippen molar-refractivity contribution in [2.75, 3.05) is 7.11 Å². The number of rotatable bonds is 3. The maximum atomic E-state index is 12.8. The van der Waals surface area contributed by atoms with Crippen LogP contribution in [0.5, 0.6) is 0 Å². The first kappa shape index (κ1) is 13.2. The van der Waals surface area contributed by atoms with Crippen molar-refractivity contribution >= 4 is 28.6 Å². The molecule has 0 atom stereocenters. The number of ether oxygens (including phenoxy) is 1. The Hall–Kier alpha value is -0.830.